The molecule has 0 heteroatoms. The van der Waals surface area contributed by atoms with E-state index in [0.717, 1.165) is 0 Å². The van der Waals surface area contributed by atoms with E-state index >= 15 is 0 Å². The average molecular weight is 641 g/mol. The van der Waals surface area contributed by atoms with Gasteiger partial charge in [-0.25, -0.2) is 0 Å². The fraction of sp³-hybridized carbons (Fsp3) is 0.120. The lowest BCUT2D eigenvalue weighted by molar-refractivity contribution is 0.666. The van der Waals surface area contributed by atoms with Crippen molar-refractivity contribution in [3.63, 3.8) is 0 Å². The molecule has 0 saturated heterocycles. The van der Waals surface area contributed by atoms with Gasteiger partial charge in [0.2, 0.25) is 0 Å². The summed E-state index contributed by atoms with van der Waals surface area (Å²) in [5.41, 5.74) is 17.1. The molecule has 0 saturated carbocycles. The zero-order valence-electron chi connectivity index (χ0n) is 29.2. The van der Waals surface area contributed by atoms with Gasteiger partial charge in [-0.2, -0.15) is 0 Å². The third-order valence-electron chi connectivity index (χ3n) is 11.4. The lowest BCUT2D eigenvalue weighted by atomic mass is 9.77. The van der Waals surface area contributed by atoms with Crippen LogP contribution in [0.25, 0.3) is 66.1 Å². The maximum Gasteiger partial charge on any atom is 0.0165 e. The predicted octanol–water partition coefficient (Wildman–Crippen LogP) is 13.8. The molecule has 8 aromatic rings. The molecular formula is C50H40. The van der Waals surface area contributed by atoms with Gasteiger partial charge < -0.3 is 0 Å². The van der Waals surface area contributed by atoms with Crippen LogP contribution in [-0.2, 0) is 5.41 Å². The summed E-state index contributed by atoms with van der Waals surface area (Å²) in [6.45, 7) is 9.49. The van der Waals surface area contributed by atoms with Crippen LogP contribution in [0.5, 0.6) is 0 Å². The number of rotatable bonds is 5. The number of hydrogen-bond acceptors (Lipinski definition) is 0. The van der Waals surface area contributed by atoms with Gasteiger partial charge in [0.25, 0.3) is 0 Å². The first-order valence-corrected chi connectivity index (χ1v) is 17.9. The van der Waals surface area contributed by atoms with Crippen LogP contribution in [0.15, 0.2) is 164 Å². The Balaban J connectivity index is 1.26. The van der Waals surface area contributed by atoms with Gasteiger partial charge in [0.15, 0.2) is 0 Å². The standard InChI is InChI=1S/C50H40/c1-32(34-23-25-36(26-24-34)35-15-7-5-8-16-35)39-19-11-12-20-41(39)40-29-30-44-47(33(40)2)45(37-17-9-6-10-18-37)31-38-27-28-43-42-21-13-14-22-46(42)50(3,4)49(43)48(38)44/h5-32H,1-4H3. The Morgan fingerprint density at radius 2 is 1.06 bits per heavy atom. The average Bonchev–Trinajstić information content (AvgIpc) is 3.41. The monoisotopic (exact) mass is 640 g/mol. The summed E-state index contributed by atoms with van der Waals surface area (Å²) < 4.78 is 0. The number of hydrogen-bond donors (Lipinski definition) is 0. The summed E-state index contributed by atoms with van der Waals surface area (Å²) in [6.07, 6.45) is 0. The summed E-state index contributed by atoms with van der Waals surface area (Å²) in [5.74, 6) is 0.235. The fourth-order valence-electron chi connectivity index (χ4n) is 8.83. The van der Waals surface area contributed by atoms with E-state index in [4.69, 9.17) is 0 Å². The van der Waals surface area contributed by atoms with Gasteiger partial charge in [-0.15, -0.1) is 0 Å². The van der Waals surface area contributed by atoms with Crippen LogP contribution < -0.4 is 0 Å². The minimum Gasteiger partial charge on any atom is -0.0622 e. The highest BCUT2D eigenvalue weighted by Gasteiger charge is 2.37. The van der Waals surface area contributed by atoms with Gasteiger partial charge in [-0.05, 0) is 107 Å². The van der Waals surface area contributed by atoms with E-state index in [1.807, 2.05) is 0 Å². The maximum atomic E-state index is 2.45. The molecule has 1 aliphatic rings. The maximum absolute atomic E-state index is 2.45. The first kappa shape index (κ1) is 30.3. The van der Waals surface area contributed by atoms with Crippen LogP contribution in [0.2, 0.25) is 0 Å². The number of fused-ring (bicyclic) bond motifs is 7. The third kappa shape index (κ3) is 4.66. The molecule has 8 aromatic carbocycles. The molecule has 240 valence electrons. The minimum atomic E-state index is -0.0999. The summed E-state index contributed by atoms with van der Waals surface area (Å²) >= 11 is 0. The number of aryl methyl sites for hydroxylation is 1. The van der Waals surface area contributed by atoms with Crippen molar-refractivity contribution < 1.29 is 0 Å². The van der Waals surface area contributed by atoms with Crippen molar-refractivity contribution in [3.8, 4) is 44.5 Å². The molecule has 9 rings (SSSR count). The Hall–Kier alpha value is -5.72. The molecule has 0 amide bonds. The smallest absolute Gasteiger partial charge is 0.0165 e. The molecule has 0 nitrogen and oxygen atoms in total. The molecule has 1 atom stereocenters. The fourth-order valence-corrected chi connectivity index (χ4v) is 8.83. The highest BCUT2D eigenvalue weighted by Crippen LogP contribution is 2.54. The first-order chi connectivity index (χ1) is 24.4. The van der Waals surface area contributed by atoms with Crippen molar-refractivity contribution in [3.05, 3.63) is 192 Å². The van der Waals surface area contributed by atoms with Crippen LogP contribution in [0.1, 0.15) is 54.5 Å². The molecule has 1 aliphatic carbocycles. The van der Waals surface area contributed by atoms with Crippen molar-refractivity contribution in [1.29, 1.82) is 0 Å². The second-order valence-corrected chi connectivity index (χ2v) is 14.5. The largest absolute Gasteiger partial charge is 0.0622 e. The summed E-state index contributed by atoms with van der Waals surface area (Å²) in [4.78, 5) is 0. The summed E-state index contributed by atoms with van der Waals surface area (Å²) in [7, 11) is 0. The Morgan fingerprint density at radius 1 is 0.460 bits per heavy atom. The van der Waals surface area contributed by atoms with E-state index in [1.54, 1.807) is 0 Å². The normalized spacial score (nSPS) is 13.7. The molecule has 0 spiro atoms. The van der Waals surface area contributed by atoms with Crippen molar-refractivity contribution in [2.45, 2.75) is 39.0 Å². The van der Waals surface area contributed by atoms with Gasteiger partial charge in [-0.3, -0.25) is 0 Å². The van der Waals surface area contributed by atoms with Crippen LogP contribution in [-0.4, -0.2) is 0 Å². The van der Waals surface area contributed by atoms with E-state index in [9.17, 15) is 0 Å². The highest BCUT2D eigenvalue weighted by molar-refractivity contribution is 6.19. The molecule has 0 heterocycles. The molecule has 0 bridgehead atoms. The topological polar surface area (TPSA) is 0 Å². The zero-order chi connectivity index (χ0) is 34.0. The van der Waals surface area contributed by atoms with E-state index < -0.39 is 0 Å². The van der Waals surface area contributed by atoms with Gasteiger partial charge in [-0.1, -0.05) is 178 Å². The molecule has 0 aliphatic heterocycles. The molecule has 0 radical (unpaired) electrons. The van der Waals surface area contributed by atoms with Crippen LogP contribution in [0.4, 0.5) is 0 Å². The van der Waals surface area contributed by atoms with Gasteiger partial charge >= 0.3 is 0 Å². The van der Waals surface area contributed by atoms with Crippen molar-refractivity contribution in [1.82, 2.24) is 0 Å². The SMILES string of the molecule is Cc1c(-c2ccccc2C(C)c2ccc(-c3ccccc3)cc2)ccc2c1c(-c1ccccc1)cc1ccc3c(c12)C(C)(C)c1ccccc1-3. The number of benzene rings is 8. The Bertz CT molecular complexity index is 2550. The predicted molar refractivity (Wildman–Crippen MR) is 214 cm³/mol. The molecular weight excluding hydrogens is 601 g/mol. The minimum absolute atomic E-state index is 0.0999. The summed E-state index contributed by atoms with van der Waals surface area (Å²) in [6, 6.07) is 60.7. The van der Waals surface area contributed by atoms with Crippen LogP contribution >= 0.6 is 0 Å². The van der Waals surface area contributed by atoms with Crippen molar-refractivity contribution in [2.24, 2.45) is 0 Å². The molecule has 50 heavy (non-hydrogen) atoms. The van der Waals surface area contributed by atoms with E-state index in [-0.39, 0.29) is 11.3 Å². The lowest BCUT2D eigenvalue weighted by Crippen LogP contribution is -2.15. The third-order valence-corrected chi connectivity index (χ3v) is 11.4. The molecule has 0 N–H and O–H groups in total. The van der Waals surface area contributed by atoms with Gasteiger partial charge in [0, 0.05) is 11.3 Å². The summed E-state index contributed by atoms with van der Waals surface area (Å²) in [5, 5.41) is 5.36. The van der Waals surface area contributed by atoms with Gasteiger partial charge in [0.1, 0.15) is 0 Å². The van der Waals surface area contributed by atoms with E-state index in [2.05, 4.69) is 191 Å². The van der Waals surface area contributed by atoms with Crippen LogP contribution in [0, 0.1) is 6.92 Å². The van der Waals surface area contributed by atoms with Gasteiger partial charge in [0.05, 0.1) is 0 Å². The Kier molecular flexibility index (Phi) is 7.11. The second kappa shape index (κ2) is 11.7. The van der Waals surface area contributed by atoms with Crippen molar-refractivity contribution in [2.75, 3.05) is 0 Å². The quantitative estimate of drug-likeness (QED) is 0.164. The lowest BCUT2D eigenvalue weighted by Gasteiger charge is -2.25. The van der Waals surface area contributed by atoms with E-state index in [1.165, 1.54) is 93.9 Å². The molecule has 0 fully saturated rings. The molecule has 0 aromatic heterocycles. The highest BCUT2D eigenvalue weighted by atomic mass is 14.4. The van der Waals surface area contributed by atoms with Crippen LogP contribution in [0.3, 0.4) is 0 Å². The second-order valence-electron chi connectivity index (χ2n) is 14.5. The Morgan fingerprint density at radius 3 is 1.80 bits per heavy atom. The zero-order valence-corrected chi connectivity index (χ0v) is 29.2. The Labute approximate surface area is 295 Å². The first-order valence-electron chi connectivity index (χ1n) is 17.9. The van der Waals surface area contributed by atoms with E-state index in [0.29, 0.717) is 0 Å². The molecule has 1 unspecified atom stereocenters. The van der Waals surface area contributed by atoms with Crippen molar-refractivity contribution >= 4 is 21.5 Å².